The van der Waals surface area contributed by atoms with Crippen LogP contribution in [0.4, 0.5) is 5.69 Å². The van der Waals surface area contributed by atoms with Crippen LogP contribution in [-0.2, 0) is 11.8 Å². The number of benzene rings is 2. The second kappa shape index (κ2) is 7.47. The van der Waals surface area contributed by atoms with Crippen LogP contribution in [-0.4, -0.2) is 30.6 Å². The van der Waals surface area contributed by atoms with Crippen molar-refractivity contribution in [3.8, 4) is 0 Å². The molecule has 2 nitrogen and oxygen atoms in total. The molecule has 0 radical (unpaired) electrons. The van der Waals surface area contributed by atoms with Crippen molar-refractivity contribution in [2.75, 3.05) is 25.0 Å². The molecule has 2 aliphatic carbocycles. The van der Waals surface area contributed by atoms with Gasteiger partial charge in [-0.15, -0.1) is 0 Å². The van der Waals surface area contributed by atoms with Gasteiger partial charge in [0.2, 0.25) is 0 Å². The Kier molecular flexibility index (Phi) is 4.94. The number of nitrogens with zero attached hydrogens (tertiary/aromatic N) is 1. The van der Waals surface area contributed by atoms with Gasteiger partial charge in [0.05, 0.1) is 0 Å². The lowest BCUT2D eigenvalue weighted by atomic mass is 9.36. The summed E-state index contributed by atoms with van der Waals surface area (Å²) in [5.74, 6) is 0.810. The molecule has 2 aromatic carbocycles. The lowest BCUT2D eigenvalue weighted by Crippen LogP contribution is -2.67. The lowest BCUT2D eigenvalue weighted by molar-refractivity contribution is -0.154. The molecule has 0 aromatic heterocycles. The van der Waals surface area contributed by atoms with Gasteiger partial charge in [-0.3, -0.25) is 4.90 Å². The maximum absolute atomic E-state index is 3.53. The maximum Gasteiger partial charge on any atom is 0.0343 e. The molecule has 4 atom stereocenters. The first-order chi connectivity index (χ1) is 14.2. The van der Waals surface area contributed by atoms with Crippen LogP contribution in [0, 0.1) is 11.3 Å². The van der Waals surface area contributed by atoms with Gasteiger partial charge >= 0.3 is 0 Å². The van der Waals surface area contributed by atoms with E-state index in [4.69, 9.17) is 0 Å². The molecule has 4 aliphatic rings. The van der Waals surface area contributed by atoms with Crippen LogP contribution in [0.25, 0.3) is 0 Å². The van der Waals surface area contributed by atoms with Crippen LogP contribution in [0.2, 0.25) is 0 Å². The number of fused-ring (bicyclic) bond motifs is 2. The molecule has 2 saturated carbocycles. The van der Waals surface area contributed by atoms with E-state index in [9.17, 15) is 0 Å². The van der Waals surface area contributed by atoms with Gasteiger partial charge in [-0.1, -0.05) is 49.4 Å². The van der Waals surface area contributed by atoms with E-state index in [-0.39, 0.29) is 0 Å². The van der Waals surface area contributed by atoms with Crippen molar-refractivity contribution in [3.63, 3.8) is 0 Å². The Morgan fingerprint density at radius 1 is 1.07 bits per heavy atom. The highest BCUT2D eigenvalue weighted by molar-refractivity contribution is 5.49. The van der Waals surface area contributed by atoms with E-state index in [0.29, 0.717) is 10.8 Å². The molecule has 2 aromatic rings. The second-order valence-electron chi connectivity index (χ2n) is 9.83. The number of nitrogens with one attached hydrogen (secondary N) is 1. The van der Waals surface area contributed by atoms with Gasteiger partial charge < -0.3 is 5.32 Å². The predicted molar refractivity (Wildman–Crippen MR) is 122 cm³/mol. The Balaban J connectivity index is 1.31. The highest BCUT2D eigenvalue weighted by Gasteiger charge is 2.69. The number of hydrogen-bond acceptors (Lipinski definition) is 2. The van der Waals surface area contributed by atoms with Crippen molar-refractivity contribution >= 4 is 5.69 Å². The van der Waals surface area contributed by atoms with Crippen molar-refractivity contribution in [2.24, 2.45) is 11.3 Å². The number of rotatable bonds is 7. The maximum atomic E-state index is 3.53. The van der Waals surface area contributed by atoms with Crippen molar-refractivity contribution < 1.29 is 0 Å². The molecule has 4 fully saturated rings. The van der Waals surface area contributed by atoms with Gasteiger partial charge in [0.25, 0.3) is 0 Å². The van der Waals surface area contributed by atoms with Crippen molar-refractivity contribution in [2.45, 2.75) is 63.8 Å². The Labute approximate surface area is 176 Å². The summed E-state index contributed by atoms with van der Waals surface area (Å²) in [4.78, 5) is 2.88. The Morgan fingerprint density at radius 3 is 2.66 bits per heavy atom. The highest BCUT2D eigenvalue weighted by atomic mass is 15.2. The van der Waals surface area contributed by atoms with Crippen LogP contribution in [0.1, 0.15) is 57.1 Å². The van der Waals surface area contributed by atoms with Gasteiger partial charge in [-0.25, -0.2) is 0 Å². The summed E-state index contributed by atoms with van der Waals surface area (Å²) in [6.45, 7) is 8.29. The molecule has 6 rings (SSSR count). The Bertz CT molecular complexity index is 847. The Hall–Kier alpha value is -1.80. The van der Waals surface area contributed by atoms with Crippen LogP contribution in [0.3, 0.4) is 0 Å². The molecule has 2 bridgehead atoms. The SMILES string of the molecule is CCNc1cccc(C23CCN(CCCc4ccccc4)C4CCC4(C2)C3C)c1. The topological polar surface area (TPSA) is 15.3 Å². The molecule has 4 unspecified atom stereocenters. The predicted octanol–water partition coefficient (Wildman–Crippen LogP) is 5.88. The van der Waals surface area contributed by atoms with Crippen molar-refractivity contribution in [1.29, 1.82) is 0 Å². The normalized spacial score (nSPS) is 33.2. The molecule has 2 heteroatoms. The van der Waals surface area contributed by atoms with Gasteiger partial charge in [0.15, 0.2) is 0 Å². The third-order valence-corrected chi connectivity index (χ3v) is 8.74. The van der Waals surface area contributed by atoms with Gasteiger partial charge in [-0.05, 0) is 93.1 Å². The number of anilines is 1. The highest BCUT2D eigenvalue weighted by Crippen LogP contribution is 2.72. The number of aryl methyl sites for hydroxylation is 1. The van der Waals surface area contributed by atoms with Crippen LogP contribution >= 0.6 is 0 Å². The second-order valence-corrected chi connectivity index (χ2v) is 9.83. The zero-order valence-electron chi connectivity index (χ0n) is 18.2. The zero-order valence-corrected chi connectivity index (χ0v) is 18.2. The fourth-order valence-corrected chi connectivity index (χ4v) is 7.06. The Morgan fingerprint density at radius 2 is 1.93 bits per heavy atom. The standard InChI is InChI=1S/C27H36N2/c1-3-28-24-13-7-12-23(19-24)26-16-18-29(17-8-11-22-9-5-4-6-10-22)25-14-15-27(25,20-26)21(26)2/h4-7,9-10,12-13,19,21,25,28H,3,8,11,14-18,20H2,1-2H3. The van der Waals surface area contributed by atoms with E-state index in [0.717, 1.165) is 18.5 Å². The van der Waals surface area contributed by atoms with Crippen LogP contribution in [0.15, 0.2) is 54.6 Å². The first kappa shape index (κ1) is 19.2. The fourth-order valence-electron chi connectivity index (χ4n) is 7.06. The lowest BCUT2D eigenvalue weighted by Gasteiger charge is -2.69. The molecular weight excluding hydrogens is 352 g/mol. The first-order valence-corrected chi connectivity index (χ1v) is 11.8. The molecule has 154 valence electrons. The number of hydrogen-bond donors (Lipinski definition) is 1. The van der Waals surface area contributed by atoms with Crippen molar-refractivity contribution in [1.82, 2.24) is 4.90 Å². The van der Waals surface area contributed by atoms with Crippen molar-refractivity contribution in [3.05, 3.63) is 65.7 Å². The van der Waals surface area contributed by atoms with E-state index >= 15 is 0 Å². The molecule has 2 aliphatic heterocycles. The van der Waals surface area contributed by atoms with Crippen LogP contribution in [0.5, 0.6) is 0 Å². The van der Waals surface area contributed by atoms with Gasteiger partial charge in [-0.2, -0.15) is 0 Å². The molecule has 1 spiro atoms. The summed E-state index contributed by atoms with van der Waals surface area (Å²) in [6, 6.07) is 21.2. The zero-order chi connectivity index (χ0) is 19.9. The van der Waals surface area contributed by atoms with E-state index in [1.54, 1.807) is 5.56 Å². The smallest absolute Gasteiger partial charge is 0.0343 e. The molecule has 29 heavy (non-hydrogen) atoms. The molecule has 2 heterocycles. The summed E-state index contributed by atoms with van der Waals surface area (Å²) in [5.41, 5.74) is 5.36. The third kappa shape index (κ3) is 3.03. The third-order valence-electron chi connectivity index (χ3n) is 8.74. The van der Waals surface area contributed by atoms with E-state index in [1.807, 2.05) is 0 Å². The average Bonchev–Trinajstić information content (AvgIpc) is 2.86. The first-order valence-electron chi connectivity index (χ1n) is 11.8. The van der Waals surface area contributed by atoms with E-state index in [2.05, 4.69) is 78.7 Å². The van der Waals surface area contributed by atoms with Gasteiger partial charge in [0.1, 0.15) is 0 Å². The quantitative estimate of drug-likeness (QED) is 0.637. The fraction of sp³-hybridized carbons (Fsp3) is 0.556. The molecule has 1 N–H and O–H groups in total. The summed E-state index contributed by atoms with van der Waals surface area (Å²) in [7, 11) is 0. The van der Waals surface area contributed by atoms with Crippen LogP contribution < -0.4 is 5.32 Å². The molecule has 0 amide bonds. The summed E-state index contributed by atoms with van der Waals surface area (Å²) in [5, 5.41) is 3.53. The largest absolute Gasteiger partial charge is 0.385 e. The summed E-state index contributed by atoms with van der Waals surface area (Å²) in [6.07, 6.45) is 8.10. The minimum absolute atomic E-state index is 0.401. The average molecular weight is 389 g/mol. The van der Waals surface area contributed by atoms with E-state index < -0.39 is 0 Å². The van der Waals surface area contributed by atoms with Gasteiger partial charge in [0, 0.05) is 23.7 Å². The van der Waals surface area contributed by atoms with E-state index in [1.165, 1.54) is 62.9 Å². The molecular formula is C27H36N2. The minimum Gasteiger partial charge on any atom is -0.385 e. The summed E-state index contributed by atoms with van der Waals surface area (Å²) < 4.78 is 0. The summed E-state index contributed by atoms with van der Waals surface area (Å²) >= 11 is 0. The molecule has 2 saturated heterocycles. The minimum atomic E-state index is 0.401. The monoisotopic (exact) mass is 388 g/mol.